The quantitative estimate of drug-likeness (QED) is 0.469. The third kappa shape index (κ3) is 18.2. The van der Waals surface area contributed by atoms with Crippen molar-refractivity contribution in [3.63, 3.8) is 0 Å². The molecule has 0 N–H and O–H groups in total. The Hall–Kier alpha value is -0.160. The van der Waals surface area contributed by atoms with Crippen molar-refractivity contribution in [2.45, 2.75) is 101 Å². The molecule has 0 amide bonds. The topological polar surface area (TPSA) is 13.0 Å². The first kappa shape index (κ1) is 31.9. The van der Waals surface area contributed by atoms with Crippen LogP contribution in [0.2, 0.25) is 0 Å². The molecule has 3 saturated heterocycles. The predicted octanol–water partition coefficient (Wildman–Crippen LogP) is 6.32. The van der Waals surface area contributed by atoms with Crippen LogP contribution >= 0.6 is 0 Å². The summed E-state index contributed by atoms with van der Waals surface area (Å²) in [5.74, 6) is 0. The zero-order valence-electron chi connectivity index (χ0n) is 25.3. The van der Waals surface area contributed by atoms with Crippen LogP contribution < -0.4 is 0 Å². The Labute approximate surface area is 215 Å². The Morgan fingerprint density at radius 1 is 0.382 bits per heavy atom. The highest BCUT2D eigenvalue weighted by atomic mass is 15.2. The average molecular weight is 481 g/mol. The number of hydrogen-bond donors (Lipinski definition) is 0. The second-order valence-corrected chi connectivity index (χ2v) is 14.9. The van der Waals surface area contributed by atoms with E-state index in [4.69, 9.17) is 0 Å². The van der Waals surface area contributed by atoms with E-state index in [9.17, 15) is 0 Å². The van der Waals surface area contributed by atoms with E-state index in [-0.39, 0.29) is 0 Å². The summed E-state index contributed by atoms with van der Waals surface area (Å²) >= 11 is 0. The first-order valence-electron chi connectivity index (χ1n) is 14.5. The van der Waals surface area contributed by atoms with E-state index in [0.29, 0.717) is 16.2 Å². The summed E-state index contributed by atoms with van der Waals surface area (Å²) < 4.78 is 0. The summed E-state index contributed by atoms with van der Waals surface area (Å²) in [6, 6.07) is 0. The van der Waals surface area contributed by atoms with Crippen LogP contribution in [-0.2, 0) is 0 Å². The van der Waals surface area contributed by atoms with Crippen LogP contribution in [0.25, 0.3) is 0 Å². The molecule has 34 heavy (non-hydrogen) atoms. The number of rotatable bonds is 3. The standard InChI is InChI=1S/C10H22N2.2C10H21N/c1-10(2,3)9-12-7-5-11(4)6-8-12;2*1-10(2,3)9-11-7-5-4-6-8-11/h5-9H2,1-4H3;2*4-9H2,1-3H3. The average Bonchev–Trinajstić information content (AvgIpc) is 2.69. The highest BCUT2D eigenvalue weighted by Gasteiger charge is 2.20. The van der Waals surface area contributed by atoms with Gasteiger partial charge in [-0.15, -0.1) is 0 Å². The number of piperidine rings is 2. The van der Waals surface area contributed by atoms with Crippen molar-refractivity contribution in [2.75, 3.05) is 79.0 Å². The minimum atomic E-state index is 0.454. The van der Waals surface area contributed by atoms with Crippen molar-refractivity contribution in [1.82, 2.24) is 19.6 Å². The van der Waals surface area contributed by atoms with Gasteiger partial charge in [0, 0.05) is 45.8 Å². The van der Waals surface area contributed by atoms with Crippen molar-refractivity contribution in [3.05, 3.63) is 0 Å². The fraction of sp³-hybridized carbons (Fsp3) is 1.00. The maximum Gasteiger partial charge on any atom is 0.0110 e. The first-order chi connectivity index (χ1) is 15.6. The summed E-state index contributed by atoms with van der Waals surface area (Å²) in [7, 11) is 2.20. The van der Waals surface area contributed by atoms with Gasteiger partial charge in [0.25, 0.3) is 0 Å². The highest BCUT2D eigenvalue weighted by Crippen LogP contribution is 2.19. The van der Waals surface area contributed by atoms with Gasteiger partial charge in [-0.25, -0.2) is 0 Å². The van der Waals surface area contributed by atoms with Gasteiger partial charge in [0.2, 0.25) is 0 Å². The molecule has 0 aliphatic carbocycles. The minimum absolute atomic E-state index is 0.454. The van der Waals surface area contributed by atoms with Gasteiger partial charge in [-0.05, 0) is 75.2 Å². The molecule has 0 unspecified atom stereocenters. The van der Waals surface area contributed by atoms with Gasteiger partial charge >= 0.3 is 0 Å². The van der Waals surface area contributed by atoms with Crippen LogP contribution in [-0.4, -0.2) is 98.6 Å². The van der Waals surface area contributed by atoms with E-state index >= 15 is 0 Å². The third-order valence-corrected chi connectivity index (χ3v) is 6.59. The molecule has 0 aromatic carbocycles. The molecule has 4 nitrogen and oxygen atoms in total. The monoisotopic (exact) mass is 481 g/mol. The number of likely N-dealkylation sites (tertiary alicyclic amines) is 2. The lowest BCUT2D eigenvalue weighted by molar-refractivity contribution is 0.117. The van der Waals surface area contributed by atoms with Gasteiger partial charge in [-0.3, -0.25) is 0 Å². The molecule has 0 bridgehead atoms. The molecule has 4 heteroatoms. The Kier molecular flexibility index (Phi) is 14.2. The van der Waals surface area contributed by atoms with E-state index in [0.717, 1.165) is 0 Å². The largest absolute Gasteiger partial charge is 0.304 e. The minimum Gasteiger partial charge on any atom is -0.304 e. The van der Waals surface area contributed by atoms with E-state index in [2.05, 4.69) is 89.0 Å². The van der Waals surface area contributed by atoms with Gasteiger partial charge in [0.15, 0.2) is 0 Å². The lowest BCUT2D eigenvalue weighted by Crippen LogP contribution is -2.47. The van der Waals surface area contributed by atoms with E-state index in [1.165, 1.54) is 111 Å². The Morgan fingerprint density at radius 2 is 0.647 bits per heavy atom. The van der Waals surface area contributed by atoms with E-state index < -0.39 is 0 Å². The molecule has 3 rings (SSSR count). The fourth-order valence-corrected chi connectivity index (χ4v) is 5.25. The Morgan fingerprint density at radius 3 is 0.912 bits per heavy atom. The van der Waals surface area contributed by atoms with E-state index in [1.807, 2.05) is 0 Å². The lowest BCUT2D eigenvalue weighted by Gasteiger charge is -2.36. The molecule has 0 aromatic rings. The number of piperazine rings is 1. The normalized spacial score (nSPS) is 22.4. The maximum atomic E-state index is 2.60. The zero-order chi connectivity index (χ0) is 25.8. The second kappa shape index (κ2) is 15.2. The Bertz CT molecular complexity index is 461. The summed E-state index contributed by atoms with van der Waals surface area (Å²) in [5.41, 5.74) is 1.42. The fourth-order valence-electron chi connectivity index (χ4n) is 5.25. The van der Waals surface area contributed by atoms with Crippen LogP contribution in [0, 0.1) is 16.2 Å². The van der Waals surface area contributed by atoms with Gasteiger partial charge in [0.1, 0.15) is 0 Å². The van der Waals surface area contributed by atoms with Gasteiger partial charge in [-0.1, -0.05) is 75.2 Å². The molecule has 3 fully saturated rings. The number of nitrogens with zero attached hydrogens (tertiary/aromatic N) is 4. The molecule has 0 radical (unpaired) electrons. The van der Waals surface area contributed by atoms with Crippen molar-refractivity contribution < 1.29 is 0 Å². The van der Waals surface area contributed by atoms with Crippen molar-refractivity contribution in [3.8, 4) is 0 Å². The van der Waals surface area contributed by atoms with Gasteiger partial charge in [0.05, 0.1) is 0 Å². The van der Waals surface area contributed by atoms with Gasteiger partial charge in [-0.2, -0.15) is 0 Å². The van der Waals surface area contributed by atoms with Crippen LogP contribution in [0.3, 0.4) is 0 Å². The molecular formula is C30H64N4. The molecule has 3 heterocycles. The van der Waals surface area contributed by atoms with Crippen LogP contribution in [0.4, 0.5) is 0 Å². The first-order valence-corrected chi connectivity index (χ1v) is 14.5. The van der Waals surface area contributed by atoms with Crippen molar-refractivity contribution in [2.24, 2.45) is 16.2 Å². The summed E-state index contributed by atoms with van der Waals surface area (Å²) in [5, 5.41) is 0. The molecule has 0 aromatic heterocycles. The Balaban J connectivity index is 0.000000255. The van der Waals surface area contributed by atoms with E-state index in [1.54, 1.807) is 0 Å². The van der Waals surface area contributed by atoms with Crippen LogP contribution in [0.1, 0.15) is 101 Å². The summed E-state index contributed by atoms with van der Waals surface area (Å²) in [4.78, 5) is 10.2. The van der Waals surface area contributed by atoms with Crippen LogP contribution in [0.15, 0.2) is 0 Å². The van der Waals surface area contributed by atoms with Gasteiger partial charge < -0.3 is 19.6 Å². The molecule has 0 atom stereocenters. The molecule has 3 aliphatic rings. The number of likely N-dealkylation sites (N-methyl/N-ethyl adjacent to an activating group) is 1. The SMILES string of the molecule is CC(C)(C)CN1CCCCC1.CC(C)(C)CN1CCCCC1.CN1CCN(CC(C)(C)C)CC1. The van der Waals surface area contributed by atoms with Crippen molar-refractivity contribution in [1.29, 1.82) is 0 Å². The zero-order valence-corrected chi connectivity index (χ0v) is 25.3. The molecule has 3 aliphatic heterocycles. The highest BCUT2D eigenvalue weighted by molar-refractivity contribution is 4.75. The summed E-state index contributed by atoms with van der Waals surface area (Å²) in [6.45, 7) is 34.9. The molecule has 204 valence electrons. The molecule has 0 spiro atoms. The summed E-state index contributed by atoms with van der Waals surface area (Å²) in [6.07, 6.45) is 8.54. The second-order valence-electron chi connectivity index (χ2n) is 14.9. The van der Waals surface area contributed by atoms with Crippen LogP contribution in [0.5, 0.6) is 0 Å². The molecular weight excluding hydrogens is 416 g/mol. The number of hydrogen-bond acceptors (Lipinski definition) is 4. The van der Waals surface area contributed by atoms with Crippen molar-refractivity contribution >= 4 is 0 Å². The maximum absolute atomic E-state index is 2.60. The third-order valence-electron chi connectivity index (χ3n) is 6.59. The lowest BCUT2D eigenvalue weighted by atomic mass is 9.95. The molecule has 0 saturated carbocycles. The smallest absolute Gasteiger partial charge is 0.0110 e. The predicted molar refractivity (Wildman–Crippen MR) is 153 cm³/mol.